The third-order valence-electron chi connectivity index (χ3n) is 5.74. The molecule has 0 amide bonds. The summed E-state index contributed by atoms with van der Waals surface area (Å²) >= 11 is 0. The van der Waals surface area contributed by atoms with Gasteiger partial charge in [0.2, 0.25) is 0 Å². The van der Waals surface area contributed by atoms with E-state index in [4.69, 9.17) is 0 Å². The third-order valence-corrected chi connectivity index (χ3v) is 5.74. The topological polar surface area (TPSA) is 26.3 Å². The van der Waals surface area contributed by atoms with Crippen LogP contribution in [-0.2, 0) is 9.53 Å². The second kappa shape index (κ2) is 10.4. The first kappa shape index (κ1) is 36.3. The normalized spacial score (nSPS) is 16.4. The van der Waals surface area contributed by atoms with Crippen LogP contribution in [0.3, 0.4) is 0 Å². The molecule has 0 aromatic rings. The molecule has 0 N–H and O–H groups in total. The summed E-state index contributed by atoms with van der Waals surface area (Å²) < 4.78 is 231. The highest BCUT2D eigenvalue weighted by Gasteiger charge is 2.97. The predicted molar refractivity (Wildman–Crippen MR) is 94.1 cm³/mol. The first-order valence-corrected chi connectivity index (χ1v) is 10.2. The fourth-order valence-electron chi connectivity index (χ4n) is 2.58. The molecular formula is C19H21F17O2. The molecule has 19 heteroatoms. The number of rotatable bonds is 12. The number of esters is 1. The summed E-state index contributed by atoms with van der Waals surface area (Å²) in [5, 5.41) is 0. The van der Waals surface area contributed by atoms with Crippen molar-refractivity contribution in [1.82, 2.24) is 0 Å². The summed E-state index contributed by atoms with van der Waals surface area (Å²) in [5.41, 5.74) is -9.68. The van der Waals surface area contributed by atoms with Crippen molar-refractivity contribution in [2.24, 2.45) is 11.3 Å². The Labute approximate surface area is 203 Å². The van der Waals surface area contributed by atoms with Gasteiger partial charge in [-0.3, -0.25) is 4.79 Å². The summed E-state index contributed by atoms with van der Waals surface area (Å²) in [7, 11) is 0. The first-order chi connectivity index (χ1) is 16.3. The minimum Gasteiger partial charge on any atom is -0.465 e. The Morgan fingerprint density at radius 1 is 0.658 bits per heavy atom. The van der Waals surface area contributed by atoms with Crippen molar-refractivity contribution < 1.29 is 84.2 Å². The van der Waals surface area contributed by atoms with E-state index in [1.165, 1.54) is 20.8 Å². The van der Waals surface area contributed by atoms with Gasteiger partial charge in [-0.15, -0.1) is 0 Å². The molecule has 0 saturated carbocycles. The zero-order chi connectivity index (χ0) is 31.2. The van der Waals surface area contributed by atoms with Gasteiger partial charge in [0.1, 0.15) is 0 Å². The molecule has 2 nitrogen and oxygen atoms in total. The number of ether oxygens (including phenoxy) is 1. The van der Waals surface area contributed by atoms with Crippen LogP contribution in [0.2, 0.25) is 0 Å². The van der Waals surface area contributed by atoms with Gasteiger partial charge in [0.15, 0.2) is 0 Å². The van der Waals surface area contributed by atoms with E-state index in [0.29, 0.717) is 0 Å². The standard InChI is InChI=1S/C19H21F17O2/c1-5-11(3,4)10(37)38-8-9(2)6-7-12(20,21)14(23,24)16(27,28)17(29,30)15(25,26)13(22,18(31,32)33)19(34,35)36/h9H,5-8H2,1-4H3. The Hall–Kier alpha value is -1.72. The van der Waals surface area contributed by atoms with E-state index in [1.54, 1.807) is 0 Å². The Morgan fingerprint density at radius 3 is 1.37 bits per heavy atom. The van der Waals surface area contributed by atoms with Gasteiger partial charge in [-0.05, 0) is 32.6 Å². The summed E-state index contributed by atoms with van der Waals surface area (Å²) in [6.45, 7) is 4.34. The average Bonchev–Trinajstić information content (AvgIpc) is 2.72. The highest BCUT2D eigenvalue weighted by atomic mass is 19.4. The average molecular weight is 604 g/mol. The SMILES string of the molecule is CCC(C)(C)C(=O)OCC(C)CCC(F)(F)C(F)(F)C(F)(F)C(F)(F)C(F)(F)C(F)(C(F)(F)F)C(F)(F)F. The van der Waals surface area contributed by atoms with Gasteiger partial charge in [0, 0.05) is 6.42 Å². The fourth-order valence-corrected chi connectivity index (χ4v) is 2.58. The lowest BCUT2D eigenvalue weighted by Gasteiger charge is -2.44. The molecule has 0 bridgehead atoms. The Balaban J connectivity index is 6.18. The zero-order valence-corrected chi connectivity index (χ0v) is 19.6. The maximum atomic E-state index is 13.9. The van der Waals surface area contributed by atoms with E-state index >= 15 is 0 Å². The highest BCUT2D eigenvalue weighted by molar-refractivity contribution is 5.75. The molecule has 0 aliphatic carbocycles. The molecule has 0 aromatic carbocycles. The van der Waals surface area contributed by atoms with E-state index in [-0.39, 0.29) is 6.42 Å². The van der Waals surface area contributed by atoms with E-state index in [1.807, 2.05) is 0 Å². The molecule has 1 atom stereocenters. The van der Waals surface area contributed by atoms with Gasteiger partial charge < -0.3 is 4.74 Å². The minimum absolute atomic E-state index is 0.196. The molecule has 0 aromatic heterocycles. The fraction of sp³-hybridized carbons (Fsp3) is 0.947. The number of carbonyl (C=O) groups excluding carboxylic acids is 1. The molecule has 0 rings (SSSR count). The molecular weight excluding hydrogens is 583 g/mol. The monoisotopic (exact) mass is 604 g/mol. The van der Waals surface area contributed by atoms with Crippen molar-refractivity contribution in [3.8, 4) is 0 Å². The number of hydrogen-bond acceptors (Lipinski definition) is 2. The van der Waals surface area contributed by atoms with Crippen LogP contribution < -0.4 is 0 Å². The van der Waals surface area contributed by atoms with E-state index in [2.05, 4.69) is 4.74 Å². The summed E-state index contributed by atoms with van der Waals surface area (Å²) in [5.74, 6) is -42.4. The second-order valence-electron chi connectivity index (χ2n) is 9.14. The van der Waals surface area contributed by atoms with Crippen molar-refractivity contribution in [2.45, 2.75) is 94.6 Å². The summed E-state index contributed by atoms with van der Waals surface area (Å²) in [4.78, 5) is 11.8. The second-order valence-corrected chi connectivity index (χ2v) is 9.14. The number of carbonyl (C=O) groups is 1. The van der Waals surface area contributed by atoms with Crippen LogP contribution in [0.15, 0.2) is 0 Å². The van der Waals surface area contributed by atoms with Crippen molar-refractivity contribution in [1.29, 1.82) is 0 Å². The molecule has 0 radical (unpaired) electrons. The Bertz CT molecular complexity index is 812. The highest BCUT2D eigenvalue weighted by Crippen LogP contribution is 2.65. The minimum atomic E-state index is -8.77. The Morgan fingerprint density at radius 2 is 1.03 bits per heavy atom. The van der Waals surface area contributed by atoms with Crippen molar-refractivity contribution in [3.05, 3.63) is 0 Å². The predicted octanol–water partition coefficient (Wildman–Crippen LogP) is 8.39. The lowest BCUT2D eigenvalue weighted by atomic mass is 9.83. The first-order valence-electron chi connectivity index (χ1n) is 10.2. The van der Waals surface area contributed by atoms with Crippen LogP contribution in [0.25, 0.3) is 0 Å². The van der Waals surface area contributed by atoms with Crippen LogP contribution in [0.4, 0.5) is 74.6 Å². The van der Waals surface area contributed by atoms with E-state index in [9.17, 15) is 79.4 Å². The number of hydrogen-bond donors (Lipinski definition) is 0. The maximum absolute atomic E-state index is 13.9. The van der Waals surface area contributed by atoms with Crippen LogP contribution in [-0.4, -0.2) is 60.2 Å². The van der Waals surface area contributed by atoms with Crippen molar-refractivity contribution in [2.75, 3.05) is 6.61 Å². The van der Waals surface area contributed by atoms with Gasteiger partial charge >= 0.3 is 53.6 Å². The third kappa shape index (κ3) is 5.75. The lowest BCUT2D eigenvalue weighted by Crippen LogP contribution is -2.76. The quantitative estimate of drug-likeness (QED) is 0.165. The van der Waals surface area contributed by atoms with Crippen molar-refractivity contribution in [3.63, 3.8) is 0 Å². The van der Waals surface area contributed by atoms with E-state index in [0.717, 1.165) is 6.92 Å². The molecule has 1 unspecified atom stereocenters. The smallest absolute Gasteiger partial charge is 0.438 e. The molecule has 0 fully saturated rings. The lowest BCUT2D eigenvalue weighted by molar-refractivity contribution is -0.465. The molecule has 38 heavy (non-hydrogen) atoms. The molecule has 0 aliphatic heterocycles. The molecule has 0 spiro atoms. The van der Waals surface area contributed by atoms with Crippen LogP contribution in [0, 0.1) is 11.3 Å². The Kier molecular flexibility index (Phi) is 9.88. The summed E-state index contributed by atoms with van der Waals surface area (Å²) in [6, 6.07) is 0. The van der Waals surface area contributed by atoms with Gasteiger partial charge in [-0.1, -0.05) is 13.8 Å². The maximum Gasteiger partial charge on any atom is 0.438 e. The molecule has 0 saturated heterocycles. The van der Waals surface area contributed by atoms with Gasteiger partial charge in [0.25, 0.3) is 0 Å². The van der Waals surface area contributed by atoms with Crippen LogP contribution in [0.1, 0.15) is 47.0 Å². The largest absolute Gasteiger partial charge is 0.465 e. The molecule has 228 valence electrons. The zero-order valence-electron chi connectivity index (χ0n) is 19.6. The van der Waals surface area contributed by atoms with Crippen LogP contribution in [0.5, 0.6) is 0 Å². The van der Waals surface area contributed by atoms with E-state index < -0.39 is 84.4 Å². The van der Waals surface area contributed by atoms with Gasteiger partial charge in [-0.2, -0.15) is 70.2 Å². The molecule has 0 aliphatic rings. The van der Waals surface area contributed by atoms with Crippen LogP contribution >= 0.6 is 0 Å². The number of halogens is 17. The van der Waals surface area contributed by atoms with Crippen molar-refractivity contribution >= 4 is 5.97 Å². The van der Waals surface area contributed by atoms with Gasteiger partial charge in [-0.25, -0.2) is 4.39 Å². The number of alkyl halides is 17. The summed E-state index contributed by atoms with van der Waals surface area (Å²) in [6.07, 6.45) is -20.1. The van der Waals surface area contributed by atoms with Gasteiger partial charge in [0.05, 0.1) is 12.0 Å². The molecule has 0 heterocycles.